The third-order valence-electron chi connectivity index (χ3n) is 4.16. The molecule has 0 aromatic heterocycles. The van der Waals surface area contributed by atoms with Gasteiger partial charge in [-0.3, -0.25) is 4.79 Å². The lowest BCUT2D eigenvalue weighted by atomic mass is 10.1. The van der Waals surface area contributed by atoms with E-state index in [-0.39, 0.29) is 17.9 Å². The van der Waals surface area contributed by atoms with Gasteiger partial charge in [0, 0.05) is 31.6 Å². The minimum absolute atomic E-state index is 0.0133. The highest BCUT2D eigenvalue weighted by Gasteiger charge is 2.42. The standard InChI is InChI=1S/C14H18N2O3S/c1-11-9-12-10-15(7-8-16(12)14(11)17)20(18,19)13-5-3-2-4-6-13/h2-6,11-12H,7-10H2,1H3/t11-,12-/m1/s1. The van der Waals surface area contributed by atoms with Gasteiger partial charge in [0.1, 0.15) is 0 Å². The molecule has 1 aromatic rings. The Morgan fingerprint density at radius 1 is 1.15 bits per heavy atom. The molecule has 0 aliphatic carbocycles. The van der Waals surface area contributed by atoms with Crippen LogP contribution >= 0.6 is 0 Å². The molecule has 5 nitrogen and oxygen atoms in total. The highest BCUT2D eigenvalue weighted by atomic mass is 32.2. The van der Waals surface area contributed by atoms with E-state index >= 15 is 0 Å². The first-order valence-electron chi connectivity index (χ1n) is 6.86. The van der Waals surface area contributed by atoms with Crippen LogP contribution in [-0.2, 0) is 14.8 Å². The van der Waals surface area contributed by atoms with Gasteiger partial charge in [0.25, 0.3) is 0 Å². The van der Waals surface area contributed by atoms with Crippen molar-refractivity contribution in [1.82, 2.24) is 9.21 Å². The third kappa shape index (κ3) is 2.13. The quantitative estimate of drug-likeness (QED) is 0.815. The summed E-state index contributed by atoms with van der Waals surface area (Å²) in [5.74, 6) is 0.172. The van der Waals surface area contributed by atoms with Crippen LogP contribution in [0.15, 0.2) is 35.2 Å². The number of fused-ring (bicyclic) bond motifs is 1. The summed E-state index contributed by atoms with van der Waals surface area (Å²) in [7, 11) is -3.44. The molecule has 0 saturated carbocycles. The average Bonchev–Trinajstić information content (AvgIpc) is 2.74. The predicted molar refractivity (Wildman–Crippen MR) is 74.5 cm³/mol. The van der Waals surface area contributed by atoms with E-state index in [1.165, 1.54) is 4.31 Å². The molecule has 2 fully saturated rings. The van der Waals surface area contributed by atoms with E-state index in [4.69, 9.17) is 0 Å². The van der Waals surface area contributed by atoms with Gasteiger partial charge < -0.3 is 4.90 Å². The number of carbonyl (C=O) groups is 1. The van der Waals surface area contributed by atoms with Crippen molar-refractivity contribution in [3.8, 4) is 0 Å². The molecule has 0 bridgehead atoms. The summed E-state index contributed by atoms with van der Waals surface area (Å²) in [5, 5.41) is 0. The van der Waals surface area contributed by atoms with Gasteiger partial charge in [-0.25, -0.2) is 8.42 Å². The van der Waals surface area contributed by atoms with E-state index in [9.17, 15) is 13.2 Å². The molecule has 0 N–H and O–H groups in total. The molecule has 1 amide bonds. The average molecular weight is 294 g/mol. The van der Waals surface area contributed by atoms with Crippen LogP contribution in [-0.4, -0.2) is 49.2 Å². The zero-order chi connectivity index (χ0) is 14.3. The molecule has 2 aliphatic rings. The lowest BCUT2D eigenvalue weighted by molar-refractivity contribution is -0.132. The molecule has 0 radical (unpaired) electrons. The molecular weight excluding hydrogens is 276 g/mol. The first-order valence-corrected chi connectivity index (χ1v) is 8.30. The van der Waals surface area contributed by atoms with Crippen LogP contribution < -0.4 is 0 Å². The van der Waals surface area contributed by atoms with Crippen molar-refractivity contribution < 1.29 is 13.2 Å². The van der Waals surface area contributed by atoms with Crippen LogP contribution in [0, 0.1) is 5.92 Å². The van der Waals surface area contributed by atoms with Gasteiger partial charge in [-0.15, -0.1) is 0 Å². The number of amides is 1. The molecule has 3 rings (SSSR count). The minimum atomic E-state index is -3.44. The fourth-order valence-corrected chi connectivity index (χ4v) is 4.56. The number of carbonyl (C=O) groups excluding carboxylic acids is 1. The molecule has 2 atom stereocenters. The SMILES string of the molecule is C[C@@H]1C[C@@H]2CN(S(=O)(=O)c3ccccc3)CCN2C1=O. The van der Waals surface area contributed by atoms with Gasteiger partial charge >= 0.3 is 0 Å². The smallest absolute Gasteiger partial charge is 0.243 e. The second kappa shape index (κ2) is 4.86. The van der Waals surface area contributed by atoms with Crippen molar-refractivity contribution in [3.05, 3.63) is 30.3 Å². The van der Waals surface area contributed by atoms with E-state index in [1.54, 1.807) is 30.3 Å². The van der Waals surface area contributed by atoms with Crippen molar-refractivity contribution >= 4 is 15.9 Å². The maximum atomic E-state index is 12.6. The number of sulfonamides is 1. The molecular formula is C14H18N2O3S. The molecule has 0 spiro atoms. The highest BCUT2D eigenvalue weighted by molar-refractivity contribution is 7.89. The number of piperazine rings is 1. The molecule has 0 unspecified atom stereocenters. The summed E-state index contributed by atoms with van der Waals surface area (Å²) in [6.07, 6.45) is 0.750. The largest absolute Gasteiger partial charge is 0.337 e. The first kappa shape index (κ1) is 13.6. The van der Waals surface area contributed by atoms with E-state index in [0.29, 0.717) is 24.5 Å². The predicted octanol–water partition coefficient (Wildman–Crippen LogP) is 0.928. The van der Waals surface area contributed by atoms with E-state index in [1.807, 2.05) is 11.8 Å². The number of benzene rings is 1. The third-order valence-corrected chi connectivity index (χ3v) is 6.04. The second-order valence-electron chi connectivity index (χ2n) is 5.50. The van der Waals surface area contributed by atoms with Crippen molar-refractivity contribution in [1.29, 1.82) is 0 Å². The van der Waals surface area contributed by atoms with Crippen molar-refractivity contribution in [3.63, 3.8) is 0 Å². The molecule has 6 heteroatoms. The zero-order valence-electron chi connectivity index (χ0n) is 11.4. The summed E-state index contributed by atoms with van der Waals surface area (Å²) in [4.78, 5) is 14.1. The summed E-state index contributed by atoms with van der Waals surface area (Å²) < 4.78 is 26.6. The van der Waals surface area contributed by atoms with Crippen molar-refractivity contribution in [2.24, 2.45) is 5.92 Å². The summed E-state index contributed by atoms with van der Waals surface area (Å²) in [6, 6.07) is 8.52. The summed E-state index contributed by atoms with van der Waals surface area (Å²) in [6.45, 7) is 3.20. The Bertz CT molecular complexity index is 615. The normalized spacial score (nSPS) is 27.6. The Hall–Kier alpha value is -1.40. The Kier molecular flexibility index (Phi) is 3.30. The van der Waals surface area contributed by atoms with Gasteiger partial charge in [-0.1, -0.05) is 25.1 Å². The Balaban J connectivity index is 1.82. The second-order valence-corrected chi connectivity index (χ2v) is 7.44. The molecule has 2 heterocycles. The monoisotopic (exact) mass is 294 g/mol. The van der Waals surface area contributed by atoms with E-state index in [2.05, 4.69) is 0 Å². The van der Waals surface area contributed by atoms with Crippen LogP contribution in [0.3, 0.4) is 0 Å². The number of nitrogens with zero attached hydrogens (tertiary/aromatic N) is 2. The molecule has 108 valence electrons. The van der Waals surface area contributed by atoms with Crippen LogP contribution in [0.4, 0.5) is 0 Å². The lowest BCUT2D eigenvalue weighted by Gasteiger charge is -2.36. The summed E-state index contributed by atoms with van der Waals surface area (Å²) >= 11 is 0. The van der Waals surface area contributed by atoms with Crippen LogP contribution in [0.1, 0.15) is 13.3 Å². The topological polar surface area (TPSA) is 57.7 Å². The fraction of sp³-hybridized carbons (Fsp3) is 0.500. The van der Waals surface area contributed by atoms with Crippen LogP contribution in [0.2, 0.25) is 0 Å². The molecule has 2 saturated heterocycles. The maximum absolute atomic E-state index is 12.6. The Labute approximate surface area is 119 Å². The molecule has 20 heavy (non-hydrogen) atoms. The van der Waals surface area contributed by atoms with Gasteiger partial charge in [0.2, 0.25) is 15.9 Å². The van der Waals surface area contributed by atoms with Crippen LogP contribution in [0.5, 0.6) is 0 Å². The lowest BCUT2D eigenvalue weighted by Crippen LogP contribution is -2.53. The summed E-state index contributed by atoms with van der Waals surface area (Å²) in [5.41, 5.74) is 0. The van der Waals surface area contributed by atoms with Crippen molar-refractivity contribution in [2.45, 2.75) is 24.3 Å². The number of rotatable bonds is 2. The fourth-order valence-electron chi connectivity index (χ4n) is 3.07. The van der Waals surface area contributed by atoms with E-state index in [0.717, 1.165) is 6.42 Å². The van der Waals surface area contributed by atoms with E-state index < -0.39 is 10.0 Å². The van der Waals surface area contributed by atoms with Crippen LogP contribution in [0.25, 0.3) is 0 Å². The van der Waals surface area contributed by atoms with Crippen molar-refractivity contribution in [2.75, 3.05) is 19.6 Å². The Morgan fingerprint density at radius 2 is 1.85 bits per heavy atom. The molecule has 2 aliphatic heterocycles. The maximum Gasteiger partial charge on any atom is 0.243 e. The van der Waals surface area contributed by atoms with Gasteiger partial charge in [-0.05, 0) is 18.6 Å². The number of hydrogen-bond donors (Lipinski definition) is 0. The highest BCUT2D eigenvalue weighted by Crippen LogP contribution is 2.29. The Morgan fingerprint density at radius 3 is 2.55 bits per heavy atom. The van der Waals surface area contributed by atoms with Gasteiger partial charge in [0.15, 0.2) is 0 Å². The first-order chi connectivity index (χ1) is 9.50. The number of hydrogen-bond acceptors (Lipinski definition) is 3. The van der Waals surface area contributed by atoms with Gasteiger partial charge in [0.05, 0.1) is 4.90 Å². The molecule has 1 aromatic carbocycles. The minimum Gasteiger partial charge on any atom is -0.337 e. The zero-order valence-corrected chi connectivity index (χ0v) is 12.2. The van der Waals surface area contributed by atoms with Gasteiger partial charge in [-0.2, -0.15) is 4.31 Å².